The third-order valence-corrected chi connectivity index (χ3v) is 5.55. The lowest BCUT2D eigenvalue weighted by Gasteiger charge is -2.21. The number of anilines is 1. The summed E-state index contributed by atoms with van der Waals surface area (Å²) in [5.41, 5.74) is 0.492. The van der Waals surface area contributed by atoms with E-state index in [4.69, 9.17) is 0 Å². The zero-order valence-corrected chi connectivity index (χ0v) is 18.7. The normalized spacial score (nSPS) is 13.8. The first kappa shape index (κ1) is 23.4. The molecule has 5 rings (SSSR count). The van der Waals surface area contributed by atoms with Crippen molar-refractivity contribution in [2.75, 3.05) is 11.4 Å². The largest absolute Gasteiger partial charge is 0.586 e. The molecule has 10 nitrogen and oxygen atoms in total. The highest BCUT2D eigenvalue weighted by atomic mass is 19.3. The van der Waals surface area contributed by atoms with Crippen LogP contribution in [0.15, 0.2) is 47.5 Å². The van der Waals surface area contributed by atoms with Crippen molar-refractivity contribution in [3.63, 3.8) is 0 Å². The van der Waals surface area contributed by atoms with Crippen LogP contribution in [0.4, 0.5) is 18.9 Å². The number of hydrogen-bond donors (Lipinski definition) is 2. The fourth-order valence-corrected chi connectivity index (χ4v) is 3.98. The van der Waals surface area contributed by atoms with E-state index >= 15 is 0 Å². The number of halogens is 3. The summed E-state index contributed by atoms with van der Waals surface area (Å²) in [6.07, 6.45) is -2.53. The molecule has 2 aromatic heterocycles. The van der Waals surface area contributed by atoms with Crippen molar-refractivity contribution >= 4 is 22.6 Å². The lowest BCUT2D eigenvalue weighted by molar-refractivity contribution is -0.286. The molecule has 0 bridgehead atoms. The molecule has 2 aromatic carbocycles. The summed E-state index contributed by atoms with van der Waals surface area (Å²) in [4.78, 5) is 34.3. The van der Waals surface area contributed by atoms with Crippen LogP contribution in [0.2, 0.25) is 0 Å². The highest BCUT2D eigenvalue weighted by molar-refractivity contribution is 5.94. The van der Waals surface area contributed by atoms with Gasteiger partial charge < -0.3 is 24.5 Å². The van der Waals surface area contributed by atoms with Crippen molar-refractivity contribution < 1.29 is 32.5 Å². The maximum absolute atomic E-state index is 14.1. The number of nitrogens with zero attached hydrogens (tertiary/aromatic N) is 4. The van der Waals surface area contributed by atoms with Gasteiger partial charge in [-0.25, -0.2) is 14.1 Å². The topological polar surface area (TPSA) is 123 Å². The van der Waals surface area contributed by atoms with Gasteiger partial charge in [-0.15, -0.1) is 8.78 Å². The number of aromatic nitrogens is 4. The average Bonchev–Trinajstić information content (AvgIpc) is 3.44. The molecule has 186 valence electrons. The first-order valence-electron chi connectivity index (χ1n) is 10.7. The summed E-state index contributed by atoms with van der Waals surface area (Å²) >= 11 is 0. The molecule has 0 saturated heterocycles. The van der Waals surface area contributed by atoms with Gasteiger partial charge in [0.15, 0.2) is 11.5 Å². The second-order valence-corrected chi connectivity index (χ2v) is 7.88. The third-order valence-electron chi connectivity index (χ3n) is 5.55. The van der Waals surface area contributed by atoms with E-state index in [1.165, 1.54) is 41.6 Å². The van der Waals surface area contributed by atoms with E-state index < -0.39 is 36.7 Å². The van der Waals surface area contributed by atoms with Crippen LogP contribution in [0.25, 0.3) is 22.3 Å². The van der Waals surface area contributed by atoms with Gasteiger partial charge in [0.25, 0.3) is 5.56 Å². The zero-order chi connectivity index (χ0) is 25.6. The quantitative estimate of drug-likeness (QED) is 0.417. The second-order valence-electron chi connectivity index (χ2n) is 7.88. The number of fused-ring (bicyclic) bond motifs is 2. The first-order valence-corrected chi connectivity index (χ1v) is 10.7. The van der Waals surface area contributed by atoms with Crippen LogP contribution < -0.4 is 19.9 Å². The summed E-state index contributed by atoms with van der Waals surface area (Å²) in [5.74, 6) is -1.60. The lowest BCUT2D eigenvalue weighted by atomic mass is 10.1. The molecule has 1 aliphatic heterocycles. The minimum Gasteiger partial charge on any atom is -0.395 e. The van der Waals surface area contributed by atoms with E-state index in [9.17, 15) is 27.9 Å². The predicted octanol–water partition coefficient (Wildman–Crippen LogP) is 2.79. The van der Waals surface area contributed by atoms with E-state index in [1.807, 2.05) is 0 Å². The highest BCUT2D eigenvalue weighted by Crippen LogP contribution is 2.42. The molecule has 0 spiro atoms. The highest BCUT2D eigenvalue weighted by Gasteiger charge is 2.43. The fraction of sp³-hybridized carbons (Fsp3) is 0.217. The van der Waals surface area contributed by atoms with Crippen LogP contribution >= 0.6 is 0 Å². The number of carbonyl (C=O) groups excluding carboxylic acids is 1. The number of rotatable bonds is 6. The van der Waals surface area contributed by atoms with Crippen molar-refractivity contribution in [1.82, 2.24) is 19.7 Å². The molecule has 0 aliphatic carbocycles. The molecular weight excluding hydrogens is 483 g/mol. The van der Waals surface area contributed by atoms with E-state index in [0.717, 1.165) is 10.7 Å². The lowest BCUT2D eigenvalue weighted by Crippen LogP contribution is -2.37. The number of nitrogens with one attached hydrogen (secondary N) is 1. The summed E-state index contributed by atoms with van der Waals surface area (Å²) in [5, 5.41) is 13.7. The molecule has 4 aromatic rings. The van der Waals surface area contributed by atoms with Gasteiger partial charge >= 0.3 is 6.29 Å². The second kappa shape index (κ2) is 8.68. The smallest absolute Gasteiger partial charge is 0.395 e. The summed E-state index contributed by atoms with van der Waals surface area (Å²) in [7, 11) is 0. The Balaban J connectivity index is 1.51. The maximum atomic E-state index is 14.1. The Morgan fingerprint density at radius 3 is 2.72 bits per heavy atom. The Labute approximate surface area is 200 Å². The van der Waals surface area contributed by atoms with Gasteiger partial charge in [-0.1, -0.05) is 0 Å². The molecule has 2 N–H and O–H groups in total. The van der Waals surface area contributed by atoms with Gasteiger partial charge in [-0.05, 0) is 42.8 Å². The van der Waals surface area contributed by atoms with Crippen LogP contribution in [0.1, 0.15) is 12.5 Å². The van der Waals surface area contributed by atoms with Crippen LogP contribution in [0.5, 0.6) is 11.5 Å². The van der Waals surface area contributed by atoms with Crippen molar-refractivity contribution in [3.05, 3.63) is 64.5 Å². The van der Waals surface area contributed by atoms with E-state index in [-0.39, 0.29) is 51.6 Å². The number of ether oxygens (including phenoxy) is 2. The number of benzene rings is 2. The SMILES string of the molecule is CCN(C(=O)Cn1nc(-c2cc(F)cc(CO)c2)c2nc[nH]c2c1=O)c1ccc2c(c1)OC(F)(F)O2. The monoisotopic (exact) mass is 501 g/mol. The number of imidazole rings is 1. The summed E-state index contributed by atoms with van der Waals surface area (Å²) in [6, 6.07) is 7.73. The number of aliphatic hydroxyl groups is 1. The Kier molecular flexibility index (Phi) is 5.63. The van der Waals surface area contributed by atoms with Crippen LogP contribution in [0, 0.1) is 5.82 Å². The molecule has 36 heavy (non-hydrogen) atoms. The Morgan fingerprint density at radius 2 is 1.97 bits per heavy atom. The average molecular weight is 501 g/mol. The molecule has 1 amide bonds. The van der Waals surface area contributed by atoms with Gasteiger partial charge in [0, 0.05) is 23.9 Å². The number of H-pyrrole nitrogens is 1. The van der Waals surface area contributed by atoms with E-state index in [1.54, 1.807) is 6.92 Å². The minimum atomic E-state index is -3.80. The number of aromatic amines is 1. The summed E-state index contributed by atoms with van der Waals surface area (Å²) < 4.78 is 50.6. The number of amides is 1. The molecule has 1 aliphatic rings. The number of aliphatic hydroxyl groups excluding tert-OH is 1. The molecule has 0 atom stereocenters. The number of alkyl halides is 2. The molecule has 3 heterocycles. The van der Waals surface area contributed by atoms with Gasteiger partial charge in [0.2, 0.25) is 5.91 Å². The number of hydrogen-bond acceptors (Lipinski definition) is 7. The van der Waals surface area contributed by atoms with Crippen molar-refractivity contribution in [3.8, 4) is 22.8 Å². The van der Waals surface area contributed by atoms with Crippen LogP contribution in [-0.4, -0.2) is 43.6 Å². The number of likely N-dealkylation sites (N-methyl/N-ethyl adjacent to an activating group) is 1. The van der Waals surface area contributed by atoms with Gasteiger partial charge in [-0.3, -0.25) is 9.59 Å². The van der Waals surface area contributed by atoms with Gasteiger partial charge in [-0.2, -0.15) is 5.10 Å². The Hall–Kier alpha value is -4.39. The summed E-state index contributed by atoms with van der Waals surface area (Å²) in [6.45, 7) is 0.882. The van der Waals surface area contributed by atoms with Crippen LogP contribution in [0.3, 0.4) is 0 Å². The fourth-order valence-electron chi connectivity index (χ4n) is 3.98. The van der Waals surface area contributed by atoms with E-state index in [0.29, 0.717) is 0 Å². The molecule has 0 radical (unpaired) electrons. The zero-order valence-electron chi connectivity index (χ0n) is 18.7. The predicted molar refractivity (Wildman–Crippen MR) is 120 cm³/mol. The molecule has 0 saturated carbocycles. The van der Waals surface area contributed by atoms with Crippen molar-refractivity contribution in [2.24, 2.45) is 0 Å². The van der Waals surface area contributed by atoms with Gasteiger partial charge in [0.1, 0.15) is 29.1 Å². The maximum Gasteiger partial charge on any atom is 0.586 e. The van der Waals surface area contributed by atoms with Gasteiger partial charge in [0.05, 0.1) is 12.9 Å². The third kappa shape index (κ3) is 4.13. The van der Waals surface area contributed by atoms with E-state index in [2.05, 4.69) is 24.5 Å². The first-order chi connectivity index (χ1) is 17.2. The Bertz CT molecular complexity index is 1550. The van der Waals surface area contributed by atoms with Crippen LogP contribution in [-0.2, 0) is 17.9 Å². The standard InChI is InChI=1S/C23H18F3N5O5/c1-2-30(15-3-4-16-17(8-15)36-23(25,26)35-16)18(33)9-31-22(34)21-20(27-11-28-21)19(29-31)13-5-12(10-32)6-14(24)7-13/h3-8,11,32H,2,9-10H2,1H3,(H,27,28). The number of carbonyl (C=O) groups is 1. The van der Waals surface area contributed by atoms with Crippen molar-refractivity contribution in [2.45, 2.75) is 26.4 Å². The van der Waals surface area contributed by atoms with Crippen molar-refractivity contribution in [1.29, 1.82) is 0 Å². The molecule has 13 heteroatoms. The molecule has 0 unspecified atom stereocenters. The molecule has 0 fully saturated rings. The minimum absolute atomic E-state index is 0.0518. The molecular formula is C23H18F3N5O5. The Morgan fingerprint density at radius 1 is 1.19 bits per heavy atom.